The molecule has 3 nitrogen and oxygen atoms in total. The lowest BCUT2D eigenvalue weighted by Gasteiger charge is -2.09. The van der Waals surface area contributed by atoms with E-state index in [0.29, 0.717) is 11.5 Å². The molecule has 21 heavy (non-hydrogen) atoms. The van der Waals surface area contributed by atoms with E-state index in [9.17, 15) is 4.39 Å². The summed E-state index contributed by atoms with van der Waals surface area (Å²) in [5, 5.41) is 0. The van der Waals surface area contributed by atoms with E-state index in [2.05, 4.69) is 4.98 Å². The standard InChI is InChI=1S/C16H14ClFN2O/c1-10-3-5-14-13(7-10)19-16(9-17)20(14)11-4-6-15(21-2)12(18)8-11/h3-8H,9H2,1-2H3. The van der Waals surface area contributed by atoms with Crippen molar-refractivity contribution in [2.45, 2.75) is 12.8 Å². The van der Waals surface area contributed by atoms with Gasteiger partial charge in [0, 0.05) is 6.07 Å². The average molecular weight is 305 g/mol. The number of nitrogens with zero attached hydrogens (tertiary/aromatic N) is 2. The first kappa shape index (κ1) is 13.9. The van der Waals surface area contributed by atoms with Gasteiger partial charge in [-0.2, -0.15) is 0 Å². The summed E-state index contributed by atoms with van der Waals surface area (Å²) < 4.78 is 20.8. The second kappa shape index (κ2) is 5.37. The lowest BCUT2D eigenvalue weighted by atomic mass is 10.2. The van der Waals surface area contributed by atoms with Gasteiger partial charge in [0.2, 0.25) is 0 Å². The Morgan fingerprint density at radius 1 is 1.24 bits per heavy atom. The van der Waals surface area contributed by atoms with Crippen molar-refractivity contribution in [1.82, 2.24) is 9.55 Å². The Morgan fingerprint density at radius 2 is 2.05 bits per heavy atom. The number of methoxy groups -OCH3 is 1. The average Bonchev–Trinajstić information content (AvgIpc) is 2.84. The number of aryl methyl sites for hydroxylation is 1. The van der Waals surface area contributed by atoms with Crippen LogP contribution in [0.3, 0.4) is 0 Å². The van der Waals surface area contributed by atoms with E-state index in [1.165, 1.54) is 13.2 Å². The second-order valence-corrected chi connectivity index (χ2v) is 5.08. The number of hydrogen-bond donors (Lipinski definition) is 0. The number of ether oxygens (including phenoxy) is 1. The fraction of sp³-hybridized carbons (Fsp3) is 0.188. The molecular weight excluding hydrogens is 291 g/mol. The maximum absolute atomic E-state index is 14.0. The van der Waals surface area contributed by atoms with Crippen LogP contribution in [0.4, 0.5) is 4.39 Å². The normalized spacial score (nSPS) is 11.0. The Kier molecular flexibility index (Phi) is 3.55. The molecule has 3 aromatic rings. The minimum atomic E-state index is -0.413. The predicted molar refractivity (Wildman–Crippen MR) is 81.9 cm³/mol. The van der Waals surface area contributed by atoms with Crippen molar-refractivity contribution in [3.8, 4) is 11.4 Å². The summed E-state index contributed by atoms with van der Waals surface area (Å²) in [5.41, 5.74) is 3.55. The van der Waals surface area contributed by atoms with Crippen LogP contribution in [0.15, 0.2) is 36.4 Å². The van der Waals surface area contributed by atoms with Crippen molar-refractivity contribution in [3.63, 3.8) is 0 Å². The summed E-state index contributed by atoms with van der Waals surface area (Å²) in [6, 6.07) is 10.8. The van der Waals surface area contributed by atoms with Crippen LogP contribution in [-0.4, -0.2) is 16.7 Å². The largest absolute Gasteiger partial charge is 0.494 e. The molecule has 0 saturated heterocycles. The van der Waals surface area contributed by atoms with Gasteiger partial charge >= 0.3 is 0 Å². The maximum Gasteiger partial charge on any atom is 0.167 e. The van der Waals surface area contributed by atoms with Crippen LogP contribution in [0.25, 0.3) is 16.7 Å². The highest BCUT2D eigenvalue weighted by Gasteiger charge is 2.13. The minimum Gasteiger partial charge on any atom is -0.494 e. The molecule has 3 rings (SSSR count). The van der Waals surface area contributed by atoms with Crippen molar-refractivity contribution >= 4 is 22.6 Å². The molecule has 2 aromatic carbocycles. The summed E-state index contributed by atoms with van der Waals surface area (Å²) in [4.78, 5) is 4.52. The van der Waals surface area contributed by atoms with Gasteiger partial charge in [-0.25, -0.2) is 9.37 Å². The Labute approximate surface area is 126 Å². The van der Waals surface area contributed by atoms with Gasteiger partial charge < -0.3 is 4.74 Å². The number of imidazole rings is 1. The highest BCUT2D eigenvalue weighted by molar-refractivity contribution is 6.17. The lowest BCUT2D eigenvalue weighted by molar-refractivity contribution is 0.386. The number of fused-ring (bicyclic) bond motifs is 1. The van der Waals surface area contributed by atoms with E-state index in [4.69, 9.17) is 16.3 Å². The smallest absolute Gasteiger partial charge is 0.167 e. The molecule has 0 radical (unpaired) electrons. The molecule has 0 atom stereocenters. The molecular formula is C16H14ClFN2O. The minimum absolute atomic E-state index is 0.214. The molecule has 0 unspecified atom stereocenters. The fourth-order valence-electron chi connectivity index (χ4n) is 2.41. The molecule has 0 aliphatic heterocycles. The Morgan fingerprint density at radius 3 is 2.71 bits per heavy atom. The number of hydrogen-bond acceptors (Lipinski definition) is 2. The Balaban J connectivity index is 2.25. The SMILES string of the molecule is COc1ccc(-n2c(CCl)nc3cc(C)ccc32)cc1F. The van der Waals surface area contributed by atoms with Gasteiger partial charge in [-0.05, 0) is 36.8 Å². The third-order valence-electron chi connectivity index (χ3n) is 3.39. The van der Waals surface area contributed by atoms with Crippen LogP contribution >= 0.6 is 11.6 Å². The molecule has 0 N–H and O–H groups in total. The lowest BCUT2D eigenvalue weighted by Crippen LogP contribution is -2.00. The van der Waals surface area contributed by atoms with Gasteiger partial charge in [0.1, 0.15) is 5.82 Å². The van der Waals surface area contributed by atoms with Crippen LogP contribution < -0.4 is 4.74 Å². The van der Waals surface area contributed by atoms with Gasteiger partial charge in [-0.15, -0.1) is 11.6 Å². The summed E-state index contributed by atoms with van der Waals surface area (Å²) >= 11 is 5.99. The van der Waals surface area contributed by atoms with Crippen LogP contribution in [0.5, 0.6) is 5.75 Å². The monoisotopic (exact) mass is 304 g/mol. The zero-order valence-electron chi connectivity index (χ0n) is 11.7. The fourth-order valence-corrected chi connectivity index (χ4v) is 2.59. The maximum atomic E-state index is 14.0. The van der Waals surface area contributed by atoms with Crippen LogP contribution in [0.2, 0.25) is 0 Å². The van der Waals surface area contributed by atoms with Crippen LogP contribution in [0, 0.1) is 12.7 Å². The first-order chi connectivity index (χ1) is 10.1. The molecule has 0 fully saturated rings. The number of rotatable bonds is 3. The van der Waals surface area contributed by atoms with E-state index in [-0.39, 0.29) is 11.6 Å². The van der Waals surface area contributed by atoms with Gasteiger partial charge in [0.25, 0.3) is 0 Å². The molecule has 0 amide bonds. The van der Waals surface area contributed by atoms with Crippen molar-refractivity contribution < 1.29 is 9.13 Å². The Hall–Kier alpha value is -2.07. The third kappa shape index (κ3) is 2.36. The summed E-state index contributed by atoms with van der Waals surface area (Å²) in [6.45, 7) is 2.01. The first-order valence-electron chi connectivity index (χ1n) is 6.52. The molecule has 1 aromatic heterocycles. The topological polar surface area (TPSA) is 27.1 Å². The third-order valence-corrected chi connectivity index (χ3v) is 3.63. The second-order valence-electron chi connectivity index (χ2n) is 4.81. The predicted octanol–water partition coefficient (Wildman–Crippen LogP) is 4.22. The number of alkyl halides is 1. The molecule has 0 aliphatic rings. The zero-order chi connectivity index (χ0) is 15.0. The number of benzene rings is 2. The number of halogens is 2. The molecule has 0 spiro atoms. The molecule has 0 aliphatic carbocycles. The zero-order valence-corrected chi connectivity index (χ0v) is 12.5. The van der Waals surface area contributed by atoms with Crippen molar-refractivity contribution in [2.24, 2.45) is 0 Å². The molecule has 108 valence electrons. The quantitative estimate of drug-likeness (QED) is 0.677. The van der Waals surface area contributed by atoms with Crippen LogP contribution in [-0.2, 0) is 5.88 Å². The van der Waals surface area contributed by atoms with E-state index in [1.54, 1.807) is 12.1 Å². The van der Waals surface area contributed by atoms with Gasteiger partial charge in [0.05, 0.1) is 29.7 Å². The van der Waals surface area contributed by atoms with Gasteiger partial charge in [-0.1, -0.05) is 6.07 Å². The van der Waals surface area contributed by atoms with Gasteiger partial charge in [-0.3, -0.25) is 4.57 Å². The highest BCUT2D eigenvalue weighted by Crippen LogP contribution is 2.26. The molecule has 5 heteroatoms. The van der Waals surface area contributed by atoms with Gasteiger partial charge in [0.15, 0.2) is 11.6 Å². The Bertz CT molecular complexity index is 813. The van der Waals surface area contributed by atoms with Crippen molar-refractivity contribution in [1.29, 1.82) is 0 Å². The summed E-state index contributed by atoms with van der Waals surface area (Å²) in [6.07, 6.45) is 0. The van der Waals surface area contributed by atoms with E-state index in [0.717, 1.165) is 16.6 Å². The van der Waals surface area contributed by atoms with Crippen molar-refractivity contribution in [2.75, 3.05) is 7.11 Å². The molecule has 0 saturated carbocycles. The molecule has 0 bridgehead atoms. The summed E-state index contributed by atoms with van der Waals surface area (Å²) in [5.74, 6) is 0.735. The molecule has 1 heterocycles. The van der Waals surface area contributed by atoms with E-state index < -0.39 is 5.82 Å². The highest BCUT2D eigenvalue weighted by atomic mass is 35.5. The van der Waals surface area contributed by atoms with E-state index in [1.807, 2.05) is 29.7 Å². The van der Waals surface area contributed by atoms with Crippen molar-refractivity contribution in [3.05, 3.63) is 53.6 Å². The number of aromatic nitrogens is 2. The van der Waals surface area contributed by atoms with E-state index >= 15 is 0 Å². The first-order valence-corrected chi connectivity index (χ1v) is 7.05. The summed E-state index contributed by atoms with van der Waals surface area (Å²) in [7, 11) is 1.44. The van der Waals surface area contributed by atoms with Crippen LogP contribution in [0.1, 0.15) is 11.4 Å².